The SMILES string of the molecule is Cc1[nH]c2ccccc2c1CC(=O)N1CCC(C2OCCO2)CC1. The molecule has 3 heterocycles. The summed E-state index contributed by atoms with van der Waals surface area (Å²) in [6, 6.07) is 8.18. The summed E-state index contributed by atoms with van der Waals surface area (Å²) in [5, 5.41) is 1.16. The summed E-state index contributed by atoms with van der Waals surface area (Å²) in [7, 11) is 0. The van der Waals surface area contributed by atoms with Crippen molar-refractivity contribution in [2.45, 2.75) is 32.5 Å². The van der Waals surface area contributed by atoms with Crippen LogP contribution in [-0.4, -0.2) is 48.4 Å². The molecule has 5 heteroatoms. The van der Waals surface area contributed by atoms with Gasteiger partial charge >= 0.3 is 0 Å². The van der Waals surface area contributed by atoms with Crippen LogP contribution in [0.15, 0.2) is 24.3 Å². The molecule has 0 atom stereocenters. The first-order valence-electron chi connectivity index (χ1n) is 8.79. The molecule has 2 saturated heterocycles. The fourth-order valence-electron chi connectivity index (χ4n) is 3.90. The van der Waals surface area contributed by atoms with Gasteiger partial charge in [0.25, 0.3) is 0 Å². The van der Waals surface area contributed by atoms with Gasteiger partial charge in [-0.2, -0.15) is 0 Å². The van der Waals surface area contributed by atoms with E-state index >= 15 is 0 Å². The number of nitrogens with one attached hydrogen (secondary N) is 1. The molecule has 2 fully saturated rings. The van der Waals surface area contributed by atoms with Crippen molar-refractivity contribution in [3.63, 3.8) is 0 Å². The van der Waals surface area contributed by atoms with E-state index in [1.165, 1.54) is 0 Å². The number of amides is 1. The van der Waals surface area contributed by atoms with Crippen LogP contribution in [0.1, 0.15) is 24.1 Å². The summed E-state index contributed by atoms with van der Waals surface area (Å²) >= 11 is 0. The first kappa shape index (κ1) is 15.7. The molecular formula is C19H24N2O3. The maximum absolute atomic E-state index is 12.7. The Balaban J connectivity index is 1.40. The van der Waals surface area contributed by atoms with Crippen LogP contribution < -0.4 is 0 Å². The van der Waals surface area contributed by atoms with Gasteiger partial charge in [-0.25, -0.2) is 0 Å². The number of nitrogens with zero attached hydrogens (tertiary/aromatic N) is 1. The third kappa shape index (κ3) is 2.94. The maximum atomic E-state index is 12.7. The highest BCUT2D eigenvalue weighted by atomic mass is 16.7. The Kier molecular flexibility index (Phi) is 4.29. The zero-order valence-electron chi connectivity index (χ0n) is 14.1. The number of likely N-dealkylation sites (tertiary alicyclic amines) is 1. The van der Waals surface area contributed by atoms with Gasteiger partial charge in [0, 0.05) is 35.6 Å². The number of aromatic nitrogens is 1. The quantitative estimate of drug-likeness (QED) is 0.942. The second-order valence-corrected chi connectivity index (χ2v) is 6.78. The van der Waals surface area contributed by atoms with Gasteiger partial charge < -0.3 is 19.4 Å². The molecule has 1 aromatic heterocycles. The number of carbonyl (C=O) groups is 1. The normalized spacial score (nSPS) is 20.1. The van der Waals surface area contributed by atoms with E-state index in [1.807, 2.05) is 24.0 Å². The van der Waals surface area contributed by atoms with Crippen LogP contribution in [0.25, 0.3) is 10.9 Å². The van der Waals surface area contributed by atoms with Crippen LogP contribution in [0.2, 0.25) is 0 Å². The number of piperidine rings is 1. The molecule has 4 rings (SSSR count). The largest absolute Gasteiger partial charge is 0.358 e. The van der Waals surface area contributed by atoms with Crippen LogP contribution in [-0.2, 0) is 20.7 Å². The van der Waals surface area contributed by atoms with Gasteiger partial charge in [-0.15, -0.1) is 0 Å². The molecule has 2 aromatic rings. The molecule has 0 bridgehead atoms. The van der Waals surface area contributed by atoms with E-state index in [0.717, 1.165) is 48.1 Å². The Morgan fingerprint density at radius 3 is 2.67 bits per heavy atom. The zero-order valence-corrected chi connectivity index (χ0v) is 14.1. The van der Waals surface area contributed by atoms with Crippen molar-refractivity contribution in [3.05, 3.63) is 35.5 Å². The van der Waals surface area contributed by atoms with Crippen molar-refractivity contribution in [2.75, 3.05) is 26.3 Å². The average molecular weight is 328 g/mol. The fraction of sp³-hybridized carbons (Fsp3) is 0.526. The van der Waals surface area contributed by atoms with E-state index in [1.54, 1.807) is 0 Å². The number of aryl methyl sites for hydroxylation is 1. The number of aromatic amines is 1. The maximum Gasteiger partial charge on any atom is 0.227 e. The molecule has 1 N–H and O–H groups in total. The summed E-state index contributed by atoms with van der Waals surface area (Å²) < 4.78 is 11.2. The van der Waals surface area contributed by atoms with Crippen LogP contribution >= 0.6 is 0 Å². The van der Waals surface area contributed by atoms with Crippen molar-refractivity contribution in [2.24, 2.45) is 5.92 Å². The molecule has 128 valence electrons. The van der Waals surface area contributed by atoms with E-state index in [2.05, 4.69) is 17.1 Å². The highest BCUT2D eigenvalue weighted by Gasteiger charge is 2.31. The Morgan fingerprint density at radius 1 is 1.21 bits per heavy atom. The Labute approximate surface area is 141 Å². The van der Waals surface area contributed by atoms with Gasteiger partial charge in [0.2, 0.25) is 5.91 Å². The van der Waals surface area contributed by atoms with E-state index in [9.17, 15) is 4.79 Å². The second kappa shape index (κ2) is 6.57. The Morgan fingerprint density at radius 2 is 1.92 bits per heavy atom. The lowest BCUT2D eigenvalue weighted by atomic mass is 9.95. The van der Waals surface area contributed by atoms with Crippen LogP contribution in [0, 0.1) is 12.8 Å². The van der Waals surface area contributed by atoms with Gasteiger partial charge in [-0.3, -0.25) is 4.79 Å². The van der Waals surface area contributed by atoms with Crippen molar-refractivity contribution < 1.29 is 14.3 Å². The van der Waals surface area contributed by atoms with Crippen molar-refractivity contribution >= 4 is 16.8 Å². The van der Waals surface area contributed by atoms with Crippen LogP contribution in [0.3, 0.4) is 0 Å². The smallest absolute Gasteiger partial charge is 0.227 e. The molecule has 0 unspecified atom stereocenters. The van der Waals surface area contributed by atoms with Crippen molar-refractivity contribution in [1.82, 2.24) is 9.88 Å². The highest BCUT2D eigenvalue weighted by molar-refractivity contribution is 5.90. The lowest BCUT2D eigenvalue weighted by Crippen LogP contribution is -2.42. The van der Waals surface area contributed by atoms with Gasteiger partial charge in [-0.1, -0.05) is 18.2 Å². The number of hydrogen-bond acceptors (Lipinski definition) is 3. The molecule has 2 aliphatic rings. The molecule has 0 saturated carbocycles. The number of carbonyl (C=O) groups excluding carboxylic acids is 1. The van der Waals surface area contributed by atoms with Gasteiger partial charge in [0.05, 0.1) is 19.6 Å². The number of rotatable bonds is 3. The molecule has 0 spiro atoms. The van der Waals surface area contributed by atoms with E-state index in [-0.39, 0.29) is 12.2 Å². The summed E-state index contributed by atoms with van der Waals surface area (Å²) in [4.78, 5) is 18.1. The average Bonchev–Trinajstić information content (AvgIpc) is 3.24. The summed E-state index contributed by atoms with van der Waals surface area (Å²) in [5.74, 6) is 0.640. The molecule has 1 aromatic carbocycles. The van der Waals surface area contributed by atoms with Crippen molar-refractivity contribution in [1.29, 1.82) is 0 Å². The minimum Gasteiger partial charge on any atom is -0.358 e. The molecule has 1 amide bonds. The standard InChI is InChI=1S/C19H24N2O3/c1-13-16(15-4-2-3-5-17(15)20-13)12-18(22)21-8-6-14(7-9-21)19-23-10-11-24-19/h2-5,14,19-20H,6-12H2,1H3. The van der Waals surface area contributed by atoms with E-state index in [0.29, 0.717) is 25.6 Å². The number of benzene rings is 1. The van der Waals surface area contributed by atoms with Crippen LogP contribution in [0.4, 0.5) is 0 Å². The molecule has 5 nitrogen and oxygen atoms in total. The Hall–Kier alpha value is -1.85. The predicted molar refractivity (Wildman–Crippen MR) is 91.7 cm³/mol. The lowest BCUT2D eigenvalue weighted by Gasteiger charge is -2.34. The van der Waals surface area contributed by atoms with Gasteiger partial charge in [0.15, 0.2) is 6.29 Å². The number of H-pyrrole nitrogens is 1. The van der Waals surface area contributed by atoms with E-state index in [4.69, 9.17) is 9.47 Å². The molecule has 0 aliphatic carbocycles. The monoisotopic (exact) mass is 328 g/mol. The number of hydrogen-bond donors (Lipinski definition) is 1. The number of para-hydroxylation sites is 1. The summed E-state index contributed by atoms with van der Waals surface area (Å²) in [6.45, 7) is 5.04. The van der Waals surface area contributed by atoms with Crippen molar-refractivity contribution in [3.8, 4) is 0 Å². The molecule has 0 radical (unpaired) electrons. The number of fused-ring (bicyclic) bond motifs is 1. The third-order valence-electron chi connectivity index (χ3n) is 5.28. The predicted octanol–water partition coefficient (Wildman–Crippen LogP) is 2.63. The topological polar surface area (TPSA) is 54.6 Å². The molecule has 24 heavy (non-hydrogen) atoms. The second-order valence-electron chi connectivity index (χ2n) is 6.78. The third-order valence-corrected chi connectivity index (χ3v) is 5.28. The number of ether oxygens (including phenoxy) is 2. The fourth-order valence-corrected chi connectivity index (χ4v) is 3.90. The summed E-state index contributed by atoms with van der Waals surface area (Å²) in [6.07, 6.45) is 2.34. The van der Waals surface area contributed by atoms with E-state index < -0.39 is 0 Å². The van der Waals surface area contributed by atoms with Gasteiger partial charge in [-0.05, 0) is 31.4 Å². The summed E-state index contributed by atoms with van der Waals surface area (Å²) in [5.41, 5.74) is 3.32. The molecule has 2 aliphatic heterocycles. The molecular weight excluding hydrogens is 304 g/mol. The Bertz CT molecular complexity index is 725. The minimum absolute atomic E-state index is 0.0573. The first-order chi connectivity index (χ1) is 11.7. The first-order valence-corrected chi connectivity index (χ1v) is 8.79. The zero-order chi connectivity index (χ0) is 16.5. The highest BCUT2D eigenvalue weighted by Crippen LogP contribution is 2.27. The van der Waals surface area contributed by atoms with Gasteiger partial charge in [0.1, 0.15) is 0 Å². The lowest BCUT2D eigenvalue weighted by molar-refractivity contribution is -0.136. The minimum atomic E-state index is -0.0573. The van der Waals surface area contributed by atoms with Crippen LogP contribution in [0.5, 0.6) is 0 Å².